The first-order valence-corrected chi connectivity index (χ1v) is 6.73. The van der Waals surface area contributed by atoms with Gasteiger partial charge >= 0.3 is 0 Å². The lowest BCUT2D eigenvalue weighted by atomic mass is 10.1. The van der Waals surface area contributed by atoms with Gasteiger partial charge in [0, 0.05) is 25.2 Å². The van der Waals surface area contributed by atoms with Gasteiger partial charge in [0.1, 0.15) is 11.1 Å². The third kappa shape index (κ3) is 2.05. The molecule has 0 bridgehead atoms. The van der Waals surface area contributed by atoms with Gasteiger partial charge in [0.2, 0.25) is 0 Å². The lowest BCUT2D eigenvalue weighted by Gasteiger charge is -2.12. The molecule has 0 saturated carbocycles. The van der Waals surface area contributed by atoms with E-state index in [0.717, 1.165) is 9.80 Å². The summed E-state index contributed by atoms with van der Waals surface area (Å²) in [4.78, 5) is 26.1. The van der Waals surface area contributed by atoms with E-state index in [4.69, 9.17) is 0 Å². The molecule has 2 aliphatic heterocycles. The Morgan fingerprint density at radius 1 is 0.773 bits per heavy atom. The van der Waals surface area contributed by atoms with Crippen molar-refractivity contribution in [3.63, 3.8) is 0 Å². The first-order valence-electron chi connectivity index (χ1n) is 6.73. The molecule has 2 amide bonds. The molecule has 3 rings (SSSR count). The number of rotatable bonds is 2. The second-order valence-electron chi connectivity index (χ2n) is 5.62. The molecule has 0 radical (unpaired) electrons. The topological polar surface area (TPSA) is 40.2 Å². The number of carbonyl (C=O) groups is 2. The molecule has 0 aromatic heterocycles. The zero-order chi connectivity index (χ0) is 16.3. The zero-order valence-corrected chi connectivity index (χ0v) is 11.8. The van der Waals surface area contributed by atoms with E-state index >= 15 is 0 Å². The van der Waals surface area contributed by atoms with E-state index in [2.05, 4.69) is 0 Å². The first kappa shape index (κ1) is 14.8. The smallest absolute Gasteiger partial charge is 0.260 e. The molecule has 8 heteroatoms. The summed E-state index contributed by atoms with van der Waals surface area (Å²) < 4.78 is 55.6. The Balaban J connectivity index is 2.12. The largest absolute Gasteiger partial charge is 0.332 e. The predicted octanol–water partition coefficient (Wildman–Crippen LogP) is 1.93. The van der Waals surface area contributed by atoms with Crippen molar-refractivity contribution >= 4 is 11.8 Å². The number of hydrogen-bond acceptors (Lipinski definition) is 2. The molecule has 2 aliphatic rings. The fourth-order valence-electron chi connectivity index (χ4n) is 2.34. The maximum atomic E-state index is 14.4. The summed E-state index contributed by atoms with van der Waals surface area (Å²) >= 11 is 0. The fourth-order valence-corrected chi connectivity index (χ4v) is 2.34. The van der Waals surface area contributed by atoms with Crippen LogP contribution in [0.15, 0.2) is 0 Å². The van der Waals surface area contributed by atoms with Gasteiger partial charge in [0.05, 0.1) is 0 Å². The van der Waals surface area contributed by atoms with Crippen LogP contribution in [0.5, 0.6) is 0 Å². The molecule has 2 saturated heterocycles. The van der Waals surface area contributed by atoms with Crippen molar-refractivity contribution in [3.8, 4) is 0 Å². The number of benzene rings is 1. The van der Waals surface area contributed by atoms with E-state index in [1.807, 2.05) is 0 Å². The molecular formula is C14H12F4N2O2. The average Bonchev–Trinajstić information content (AvgIpc) is 3.35. The Labute approximate surface area is 123 Å². The van der Waals surface area contributed by atoms with E-state index in [9.17, 15) is 27.2 Å². The molecule has 118 valence electrons. The Morgan fingerprint density at radius 2 is 1.09 bits per heavy atom. The van der Waals surface area contributed by atoms with Crippen LogP contribution in [0, 0.1) is 23.3 Å². The average molecular weight is 316 g/mol. The van der Waals surface area contributed by atoms with E-state index in [1.54, 1.807) is 13.8 Å². The lowest BCUT2D eigenvalue weighted by Crippen LogP contribution is -2.24. The maximum Gasteiger partial charge on any atom is 0.260 e. The van der Waals surface area contributed by atoms with Gasteiger partial charge in [-0.2, -0.15) is 0 Å². The Kier molecular flexibility index (Phi) is 3.15. The molecule has 22 heavy (non-hydrogen) atoms. The molecule has 2 fully saturated rings. The Bertz CT molecular complexity index is 652. The molecule has 2 unspecified atom stereocenters. The van der Waals surface area contributed by atoms with Crippen molar-refractivity contribution in [2.75, 3.05) is 13.1 Å². The predicted molar refractivity (Wildman–Crippen MR) is 67.3 cm³/mol. The van der Waals surface area contributed by atoms with Crippen LogP contribution in [0.1, 0.15) is 34.6 Å². The van der Waals surface area contributed by atoms with Crippen LogP contribution in [0.25, 0.3) is 0 Å². The van der Waals surface area contributed by atoms with Crippen molar-refractivity contribution < 1.29 is 27.2 Å². The summed E-state index contributed by atoms with van der Waals surface area (Å²) in [6, 6.07) is -0.462. The Morgan fingerprint density at radius 3 is 1.36 bits per heavy atom. The highest BCUT2D eigenvalue weighted by molar-refractivity contribution is 6.02. The lowest BCUT2D eigenvalue weighted by molar-refractivity contribution is 0.0858. The summed E-state index contributed by atoms with van der Waals surface area (Å²) in [5.41, 5.74) is -2.44. The van der Waals surface area contributed by atoms with Crippen molar-refractivity contribution in [3.05, 3.63) is 34.4 Å². The van der Waals surface area contributed by atoms with Crippen LogP contribution < -0.4 is 0 Å². The van der Waals surface area contributed by atoms with Crippen LogP contribution in [0.4, 0.5) is 17.6 Å². The van der Waals surface area contributed by atoms with Crippen LogP contribution >= 0.6 is 0 Å². The maximum absolute atomic E-state index is 14.4. The normalized spacial score (nSPS) is 22.8. The minimum absolute atomic E-state index is 0.231. The molecule has 0 N–H and O–H groups in total. The van der Waals surface area contributed by atoms with Gasteiger partial charge in [-0.1, -0.05) is 0 Å². The summed E-state index contributed by atoms with van der Waals surface area (Å²) in [6.45, 7) is 3.81. The van der Waals surface area contributed by atoms with E-state index in [-0.39, 0.29) is 25.2 Å². The second kappa shape index (κ2) is 4.69. The molecule has 2 atom stereocenters. The van der Waals surface area contributed by atoms with Crippen molar-refractivity contribution in [2.24, 2.45) is 0 Å². The number of amides is 2. The minimum Gasteiger partial charge on any atom is -0.332 e. The van der Waals surface area contributed by atoms with Gasteiger partial charge in [-0.3, -0.25) is 9.59 Å². The summed E-state index contributed by atoms with van der Waals surface area (Å²) in [7, 11) is 0. The number of hydrogen-bond donors (Lipinski definition) is 0. The van der Waals surface area contributed by atoms with Gasteiger partial charge in [0.15, 0.2) is 23.3 Å². The highest BCUT2D eigenvalue weighted by Gasteiger charge is 2.43. The van der Waals surface area contributed by atoms with Crippen LogP contribution in [0.3, 0.4) is 0 Å². The third-order valence-electron chi connectivity index (χ3n) is 3.93. The van der Waals surface area contributed by atoms with E-state index in [1.165, 1.54) is 0 Å². The highest BCUT2D eigenvalue weighted by Crippen LogP contribution is 2.31. The quantitative estimate of drug-likeness (QED) is 0.362. The van der Waals surface area contributed by atoms with E-state index < -0.39 is 46.2 Å². The summed E-state index contributed by atoms with van der Waals surface area (Å²) in [5, 5.41) is 0. The van der Waals surface area contributed by atoms with Gasteiger partial charge in [-0.15, -0.1) is 0 Å². The van der Waals surface area contributed by atoms with Crippen molar-refractivity contribution in [1.82, 2.24) is 9.80 Å². The highest BCUT2D eigenvalue weighted by atomic mass is 19.2. The van der Waals surface area contributed by atoms with Crippen LogP contribution in [-0.2, 0) is 0 Å². The zero-order valence-electron chi connectivity index (χ0n) is 11.8. The monoisotopic (exact) mass is 316 g/mol. The van der Waals surface area contributed by atoms with E-state index in [0.29, 0.717) is 0 Å². The standard InChI is InChI=1S/C14H12F4N2O2/c1-5-3-19(5)13(21)7-9(15)8(11(17)12(18)10(7)16)14(22)20-4-6(20)2/h5-6H,3-4H2,1-2H3. The molecule has 1 aromatic rings. The molecule has 0 aliphatic carbocycles. The second-order valence-corrected chi connectivity index (χ2v) is 5.62. The number of nitrogens with zero attached hydrogens (tertiary/aromatic N) is 2. The summed E-state index contributed by atoms with van der Waals surface area (Å²) in [6.07, 6.45) is 0. The van der Waals surface area contributed by atoms with Crippen LogP contribution in [0.2, 0.25) is 0 Å². The number of halogens is 4. The van der Waals surface area contributed by atoms with Crippen molar-refractivity contribution in [1.29, 1.82) is 0 Å². The first-order chi connectivity index (χ1) is 10.3. The Hall–Kier alpha value is -2.12. The third-order valence-corrected chi connectivity index (χ3v) is 3.93. The molecule has 4 nitrogen and oxygen atoms in total. The van der Waals surface area contributed by atoms with Gasteiger partial charge in [-0.25, -0.2) is 17.6 Å². The van der Waals surface area contributed by atoms with Gasteiger partial charge in [-0.05, 0) is 13.8 Å². The van der Waals surface area contributed by atoms with Crippen molar-refractivity contribution in [2.45, 2.75) is 25.9 Å². The summed E-state index contributed by atoms with van der Waals surface area (Å²) in [5.74, 6) is -9.66. The van der Waals surface area contributed by atoms with Gasteiger partial charge in [0.25, 0.3) is 11.8 Å². The SMILES string of the molecule is CC1CN1C(=O)c1c(F)c(F)c(F)c(C(=O)N2CC2C)c1F. The minimum atomic E-state index is -2.02. The molecule has 1 aromatic carbocycles. The van der Waals surface area contributed by atoms with Gasteiger partial charge < -0.3 is 9.80 Å². The fraction of sp³-hybridized carbons (Fsp3) is 0.429. The molecular weight excluding hydrogens is 304 g/mol. The number of carbonyl (C=O) groups excluding carboxylic acids is 2. The molecule has 0 spiro atoms. The van der Waals surface area contributed by atoms with Crippen LogP contribution in [-0.4, -0.2) is 46.8 Å². The molecule has 2 heterocycles.